The van der Waals surface area contributed by atoms with Crippen LogP contribution in [0.5, 0.6) is 0 Å². The number of rotatable bonds is 6. The predicted octanol–water partition coefficient (Wildman–Crippen LogP) is 2.60. The van der Waals surface area contributed by atoms with Gasteiger partial charge in [0.1, 0.15) is 0 Å². The number of aliphatic hydroxyl groups is 1. The van der Waals surface area contributed by atoms with Crippen LogP contribution in [0.4, 0.5) is 5.69 Å². The van der Waals surface area contributed by atoms with E-state index < -0.39 is 6.10 Å². The van der Waals surface area contributed by atoms with E-state index in [1.807, 2.05) is 13.0 Å². The second-order valence-corrected chi connectivity index (χ2v) is 5.42. The molecule has 0 aromatic heterocycles. The Bertz CT molecular complexity index is 476. The average molecular weight is 274 g/mol. The quantitative estimate of drug-likeness (QED) is 0.837. The Morgan fingerprint density at radius 3 is 2.90 bits per heavy atom. The first-order valence-electron chi connectivity index (χ1n) is 7.23. The molecule has 0 radical (unpaired) electrons. The fraction of sp³-hybridized carbons (Fsp3) is 0.562. The van der Waals surface area contributed by atoms with E-state index in [4.69, 9.17) is 10.00 Å². The van der Waals surface area contributed by atoms with Gasteiger partial charge in [-0.2, -0.15) is 5.26 Å². The fourth-order valence-electron chi connectivity index (χ4n) is 2.47. The van der Waals surface area contributed by atoms with Crippen LogP contribution in [-0.2, 0) is 4.74 Å². The molecule has 4 nitrogen and oxygen atoms in total. The number of nitrogens with zero attached hydrogens (tertiary/aromatic N) is 1. The van der Waals surface area contributed by atoms with Gasteiger partial charge >= 0.3 is 0 Å². The molecule has 1 fully saturated rings. The van der Waals surface area contributed by atoms with Crippen LogP contribution < -0.4 is 5.32 Å². The van der Waals surface area contributed by atoms with Gasteiger partial charge in [-0.15, -0.1) is 0 Å². The predicted molar refractivity (Wildman–Crippen MR) is 78.6 cm³/mol. The van der Waals surface area contributed by atoms with Gasteiger partial charge in [0.2, 0.25) is 0 Å². The highest BCUT2D eigenvalue weighted by Crippen LogP contribution is 2.21. The molecule has 0 aliphatic heterocycles. The van der Waals surface area contributed by atoms with Crippen molar-refractivity contribution in [3.63, 3.8) is 0 Å². The van der Waals surface area contributed by atoms with Crippen LogP contribution >= 0.6 is 0 Å². The third-order valence-electron chi connectivity index (χ3n) is 3.72. The summed E-state index contributed by atoms with van der Waals surface area (Å²) < 4.78 is 5.69. The van der Waals surface area contributed by atoms with Gasteiger partial charge in [0.15, 0.2) is 0 Å². The van der Waals surface area contributed by atoms with Crippen molar-refractivity contribution in [3.05, 3.63) is 29.3 Å². The maximum atomic E-state index is 9.94. The van der Waals surface area contributed by atoms with E-state index in [0.29, 0.717) is 24.8 Å². The average Bonchev–Trinajstić information content (AvgIpc) is 2.97. The van der Waals surface area contributed by atoms with Crippen molar-refractivity contribution >= 4 is 5.69 Å². The summed E-state index contributed by atoms with van der Waals surface area (Å²) in [6.07, 6.45) is 4.50. The summed E-state index contributed by atoms with van der Waals surface area (Å²) in [6.45, 7) is 2.78. The van der Waals surface area contributed by atoms with Crippen molar-refractivity contribution in [2.24, 2.45) is 0 Å². The van der Waals surface area contributed by atoms with Crippen LogP contribution in [0.3, 0.4) is 0 Å². The first kappa shape index (κ1) is 14.8. The number of nitrogens with one attached hydrogen (secondary N) is 1. The number of anilines is 1. The fourth-order valence-corrected chi connectivity index (χ4v) is 2.47. The molecule has 1 saturated carbocycles. The first-order valence-corrected chi connectivity index (χ1v) is 7.23. The van der Waals surface area contributed by atoms with E-state index in [2.05, 4.69) is 11.4 Å². The van der Waals surface area contributed by atoms with E-state index in [9.17, 15) is 5.11 Å². The molecule has 0 amide bonds. The number of aliphatic hydroxyl groups excluding tert-OH is 1. The number of nitriles is 1. The topological polar surface area (TPSA) is 65.3 Å². The zero-order chi connectivity index (χ0) is 14.4. The second kappa shape index (κ2) is 7.28. The smallest absolute Gasteiger partial charge is 0.0992 e. The summed E-state index contributed by atoms with van der Waals surface area (Å²) in [5, 5.41) is 22.0. The summed E-state index contributed by atoms with van der Waals surface area (Å²) in [7, 11) is 0. The second-order valence-electron chi connectivity index (χ2n) is 5.42. The van der Waals surface area contributed by atoms with E-state index in [1.54, 1.807) is 12.1 Å². The van der Waals surface area contributed by atoms with Crippen molar-refractivity contribution in [1.82, 2.24) is 0 Å². The summed E-state index contributed by atoms with van der Waals surface area (Å²) in [5.41, 5.74) is 2.58. The molecule has 20 heavy (non-hydrogen) atoms. The first-order chi connectivity index (χ1) is 9.69. The Labute approximate surface area is 120 Å². The van der Waals surface area contributed by atoms with E-state index in [-0.39, 0.29) is 0 Å². The van der Waals surface area contributed by atoms with Crippen LogP contribution in [0.2, 0.25) is 0 Å². The molecule has 2 rings (SSSR count). The zero-order valence-corrected chi connectivity index (χ0v) is 11.9. The molecular formula is C16H22N2O2. The maximum Gasteiger partial charge on any atom is 0.0992 e. The minimum Gasteiger partial charge on any atom is -0.389 e. The van der Waals surface area contributed by atoms with Crippen molar-refractivity contribution in [1.29, 1.82) is 5.26 Å². The third-order valence-corrected chi connectivity index (χ3v) is 3.72. The highest BCUT2D eigenvalue weighted by Gasteiger charge is 2.16. The normalized spacial score (nSPS) is 16.9. The summed E-state index contributed by atoms with van der Waals surface area (Å²) in [6, 6.07) is 7.62. The van der Waals surface area contributed by atoms with Crippen molar-refractivity contribution in [3.8, 4) is 6.07 Å². The van der Waals surface area contributed by atoms with Gasteiger partial charge in [0.25, 0.3) is 0 Å². The number of ether oxygens (including phenoxy) is 1. The molecule has 0 saturated heterocycles. The van der Waals surface area contributed by atoms with E-state index in [1.165, 1.54) is 12.8 Å². The SMILES string of the molecule is Cc1ccc(C#N)cc1NCC(O)COC1CCCC1. The molecule has 0 heterocycles. The molecule has 2 N–H and O–H groups in total. The molecule has 1 aromatic rings. The van der Waals surface area contributed by atoms with Crippen LogP contribution in [0.1, 0.15) is 36.8 Å². The molecule has 108 valence electrons. The third kappa shape index (κ3) is 4.22. The zero-order valence-electron chi connectivity index (χ0n) is 11.9. The Kier molecular flexibility index (Phi) is 5.40. The monoisotopic (exact) mass is 274 g/mol. The van der Waals surface area contributed by atoms with E-state index in [0.717, 1.165) is 24.1 Å². The Morgan fingerprint density at radius 2 is 2.20 bits per heavy atom. The van der Waals surface area contributed by atoms with Gasteiger partial charge in [0, 0.05) is 12.2 Å². The lowest BCUT2D eigenvalue weighted by Gasteiger charge is -2.17. The minimum absolute atomic E-state index is 0.327. The largest absolute Gasteiger partial charge is 0.389 e. The van der Waals surface area contributed by atoms with Crippen molar-refractivity contribution < 1.29 is 9.84 Å². The Balaban J connectivity index is 1.77. The molecule has 1 aromatic carbocycles. The van der Waals surface area contributed by atoms with Gasteiger partial charge in [-0.1, -0.05) is 18.9 Å². The molecule has 0 spiro atoms. The standard InChI is InChI=1S/C16H22N2O2/c1-12-6-7-13(9-17)8-16(12)18-10-14(19)11-20-15-4-2-3-5-15/h6-8,14-15,18-19H,2-5,10-11H2,1H3. The van der Waals surface area contributed by atoms with Crippen LogP contribution in [0.25, 0.3) is 0 Å². The van der Waals surface area contributed by atoms with Gasteiger partial charge in [0.05, 0.1) is 30.4 Å². The molecule has 1 atom stereocenters. The molecule has 1 aliphatic rings. The lowest BCUT2D eigenvalue weighted by molar-refractivity contribution is -0.00117. The van der Waals surface area contributed by atoms with Crippen LogP contribution in [0.15, 0.2) is 18.2 Å². The van der Waals surface area contributed by atoms with Gasteiger partial charge < -0.3 is 15.2 Å². The Morgan fingerprint density at radius 1 is 1.45 bits per heavy atom. The molecule has 1 unspecified atom stereocenters. The number of benzene rings is 1. The van der Waals surface area contributed by atoms with Gasteiger partial charge in [-0.25, -0.2) is 0 Å². The summed E-state index contributed by atoms with van der Waals surface area (Å²) >= 11 is 0. The van der Waals surface area contributed by atoms with Crippen LogP contribution in [0, 0.1) is 18.3 Å². The molecule has 0 bridgehead atoms. The maximum absolute atomic E-state index is 9.94. The highest BCUT2D eigenvalue weighted by atomic mass is 16.5. The number of hydrogen-bond donors (Lipinski definition) is 2. The van der Waals surface area contributed by atoms with Crippen molar-refractivity contribution in [2.45, 2.75) is 44.8 Å². The number of hydrogen-bond acceptors (Lipinski definition) is 4. The van der Waals surface area contributed by atoms with Crippen molar-refractivity contribution in [2.75, 3.05) is 18.5 Å². The molecule has 1 aliphatic carbocycles. The summed E-state index contributed by atoms with van der Waals surface area (Å²) in [5.74, 6) is 0. The summed E-state index contributed by atoms with van der Waals surface area (Å²) in [4.78, 5) is 0. The van der Waals surface area contributed by atoms with Gasteiger partial charge in [-0.3, -0.25) is 0 Å². The molecule has 4 heteroatoms. The minimum atomic E-state index is -0.527. The lowest BCUT2D eigenvalue weighted by Crippen LogP contribution is -2.27. The lowest BCUT2D eigenvalue weighted by atomic mass is 10.1. The Hall–Kier alpha value is -1.57. The van der Waals surface area contributed by atoms with Gasteiger partial charge in [-0.05, 0) is 37.5 Å². The van der Waals surface area contributed by atoms with Crippen LogP contribution in [-0.4, -0.2) is 30.5 Å². The van der Waals surface area contributed by atoms with E-state index >= 15 is 0 Å². The molecular weight excluding hydrogens is 252 g/mol. The highest BCUT2D eigenvalue weighted by molar-refractivity contribution is 5.55. The number of aryl methyl sites for hydroxylation is 1.